The molecule has 0 aliphatic carbocycles. The molecule has 0 aliphatic rings. The molecule has 5 nitrogen and oxygen atoms in total. The number of hydrogen-bond donors (Lipinski definition) is 2. The SMILES string of the molecule is CC(O)C(=O)O.CCCCCCCCCCCCCCCCCC(=O)OC.[KH]. The second-order valence-corrected chi connectivity index (χ2v) is 7.29. The number of unbranched alkanes of at least 4 members (excludes halogenated alkanes) is 14. The summed E-state index contributed by atoms with van der Waals surface area (Å²) in [6.07, 6.45) is 19.7. The van der Waals surface area contributed by atoms with E-state index in [1.165, 1.54) is 104 Å². The molecular formula is C22H45KO5. The van der Waals surface area contributed by atoms with Crippen LogP contribution in [0.25, 0.3) is 0 Å². The normalized spacial score (nSPS) is 11.0. The average Bonchev–Trinajstić information content (AvgIpc) is 2.65. The number of esters is 1. The summed E-state index contributed by atoms with van der Waals surface area (Å²) in [5.41, 5.74) is 0. The van der Waals surface area contributed by atoms with E-state index >= 15 is 0 Å². The second-order valence-electron chi connectivity index (χ2n) is 7.29. The molecule has 1 unspecified atom stereocenters. The van der Waals surface area contributed by atoms with Gasteiger partial charge in [0.1, 0.15) is 6.10 Å². The fraction of sp³-hybridized carbons (Fsp3) is 0.909. The van der Waals surface area contributed by atoms with Crippen LogP contribution in [0, 0.1) is 0 Å². The standard InChI is InChI=1S/C19H38O2.C3H6O3.K.H/c1-3-4-5-6-7-8-9-10-11-12-13-14-15-16-17-18-19(20)21-2;1-2(4)3(5)6;;/h3-18H2,1-2H3;2,4H,1H3,(H,5,6);;. The first-order valence-corrected chi connectivity index (χ1v) is 10.9. The van der Waals surface area contributed by atoms with Gasteiger partial charge in [-0.3, -0.25) is 4.79 Å². The molecule has 0 aromatic carbocycles. The number of carboxylic acids is 1. The van der Waals surface area contributed by atoms with Crippen molar-refractivity contribution in [1.82, 2.24) is 0 Å². The van der Waals surface area contributed by atoms with Gasteiger partial charge in [-0.25, -0.2) is 4.79 Å². The number of aliphatic hydroxyl groups excluding tert-OH is 1. The molecule has 0 fully saturated rings. The third kappa shape index (κ3) is 31.2. The third-order valence-electron chi connectivity index (χ3n) is 4.57. The number of methoxy groups -OCH3 is 1. The summed E-state index contributed by atoms with van der Waals surface area (Å²) < 4.78 is 4.63. The van der Waals surface area contributed by atoms with Crippen LogP contribution in [0.3, 0.4) is 0 Å². The molecule has 28 heavy (non-hydrogen) atoms. The summed E-state index contributed by atoms with van der Waals surface area (Å²) in [7, 11) is 1.47. The molecule has 0 amide bonds. The fourth-order valence-corrected chi connectivity index (χ4v) is 2.74. The van der Waals surface area contributed by atoms with E-state index in [1.807, 2.05) is 0 Å². The predicted molar refractivity (Wildman–Crippen MR) is 118 cm³/mol. The Bertz CT molecular complexity index is 335. The molecule has 0 aromatic heterocycles. The number of carbonyl (C=O) groups excluding carboxylic acids is 1. The zero-order valence-electron chi connectivity index (χ0n) is 18.0. The van der Waals surface area contributed by atoms with E-state index in [2.05, 4.69) is 11.7 Å². The summed E-state index contributed by atoms with van der Waals surface area (Å²) in [5, 5.41) is 15.8. The quantitative estimate of drug-likeness (QED) is 0.188. The minimum atomic E-state index is -1.23. The Hall–Kier alpha value is 0.536. The molecule has 0 bridgehead atoms. The van der Waals surface area contributed by atoms with Crippen LogP contribution in [0.5, 0.6) is 0 Å². The van der Waals surface area contributed by atoms with Crippen molar-refractivity contribution in [2.24, 2.45) is 0 Å². The molecule has 0 saturated carbocycles. The zero-order chi connectivity index (χ0) is 20.8. The Balaban J connectivity index is -0.000000771. The van der Waals surface area contributed by atoms with Crippen molar-refractivity contribution < 1.29 is 24.5 Å². The van der Waals surface area contributed by atoms with Crippen LogP contribution >= 0.6 is 0 Å². The van der Waals surface area contributed by atoms with Crippen LogP contribution in [0.2, 0.25) is 0 Å². The fourth-order valence-electron chi connectivity index (χ4n) is 2.74. The van der Waals surface area contributed by atoms with Gasteiger partial charge in [0, 0.05) is 6.42 Å². The molecular weight excluding hydrogens is 383 g/mol. The Morgan fingerprint density at radius 2 is 1.04 bits per heavy atom. The summed E-state index contributed by atoms with van der Waals surface area (Å²) in [4.78, 5) is 20.4. The van der Waals surface area contributed by atoms with Gasteiger partial charge >= 0.3 is 63.3 Å². The summed E-state index contributed by atoms with van der Waals surface area (Å²) in [6.45, 7) is 3.47. The molecule has 0 radical (unpaired) electrons. The molecule has 0 saturated heterocycles. The number of rotatable bonds is 17. The molecule has 1 atom stereocenters. The number of hydrogen-bond acceptors (Lipinski definition) is 4. The van der Waals surface area contributed by atoms with Crippen molar-refractivity contribution in [1.29, 1.82) is 0 Å². The van der Waals surface area contributed by atoms with E-state index in [-0.39, 0.29) is 57.4 Å². The topological polar surface area (TPSA) is 83.8 Å². The van der Waals surface area contributed by atoms with Gasteiger partial charge in [-0.2, -0.15) is 0 Å². The van der Waals surface area contributed by atoms with Crippen molar-refractivity contribution >= 4 is 63.3 Å². The van der Waals surface area contributed by atoms with Gasteiger partial charge in [-0.15, -0.1) is 0 Å². The molecule has 0 aromatic rings. The van der Waals surface area contributed by atoms with Crippen LogP contribution in [0.15, 0.2) is 0 Å². The molecule has 2 N–H and O–H groups in total. The maximum absolute atomic E-state index is 10.9. The number of aliphatic carboxylic acids is 1. The average molecular weight is 429 g/mol. The second kappa shape index (κ2) is 27.5. The molecule has 0 heterocycles. The van der Waals surface area contributed by atoms with Gasteiger partial charge in [-0.05, 0) is 13.3 Å². The van der Waals surface area contributed by atoms with Crippen molar-refractivity contribution in [2.75, 3.05) is 7.11 Å². The van der Waals surface area contributed by atoms with Gasteiger partial charge in [0.15, 0.2) is 0 Å². The first-order valence-electron chi connectivity index (χ1n) is 10.9. The molecule has 6 heteroatoms. The van der Waals surface area contributed by atoms with E-state index in [0.717, 1.165) is 6.42 Å². The van der Waals surface area contributed by atoms with E-state index < -0.39 is 12.1 Å². The van der Waals surface area contributed by atoms with Crippen molar-refractivity contribution in [3.63, 3.8) is 0 Å². The molecule has 0 spiro atoms. The number of carboxylic acid groups (broad SMARTS) is 1. The van der Waals surface area contributed by atoms with E-state index in [0.29, 0.717) is 6.42 Å². The Kier molecular flexibility index (Phi) is 32.6. The van der Waals surface area contributed by atoms with Gasteiger partial charge in [0.05, 0.1) is 7.11 Å². The van der Waals surface area contributed by atoms with Crippen LogP contribution in [-0.2, 0) is 14.3 Å². The number of ether oxygens (including phenoxy) is 1. The van der Waals surface area contributed by atoms with Crippen molar-refractivity contribution in [3.05, 3.63) is 0 Å². The van der Waals surface area contributed by atoms with Gasteiger partial charge in [-0.1, -0.05) is 96.8 Å². The Labute approximate surface area is 215 Å². The summed E-state index contributed by atoms with van der Waals surface area (Å²) >= 11 is 0. The van der Waals surface area contributed by atoms with Gasteiger partial charge in [0.2, 0.25) is 0 Å². The van der Waals surface area contributed by atoms with Crippen molar-refractivity contribution in [3.8, 4) is 0 Å². The Morgan fingerprint density at radius 1 is 0.750 bits per heavy atom. The number of aliphatic hydroxyl groups is 1. The Morgan fingerprint density at radius 3 is 1.29 bits per heavy atom. The van der Waals surface area contributed by atoms with Crippen LogP contribution in [0.4, 0.5) is 0 Å². The van der Waals surface area contributed by atoms with Gasteiger partial charge < -0.3 is 14.9 Å². The van der Waals surface area contributed by atoms with Gasteiger partial charge in [0.25, 0.3) is 0 Å². The molecule has 164 valence electrons. The van der Waals surface area contributed by atoms with Crippen LogP contribution in [0.1, 0.15) is 117 Å². The zero-order valence-corrected chi connectivity index (χ0v) is 18.0. The predicted octanol–water partition coefficient (Wildman–Crippen LogP) is 5.22. The van der Waals surface area contributed by atoms with Crippen molar-refractivity contribution in [2.45, 2.75) is 123 Å². The first-order chi connectivity index (χ1) is 13.0. The summed E-state index contributed by atoms with van der Waals surface area (Å²) in [5.74, 6) is -1.25. The van der Waals surface area contributed by atoms with E-state index in [9.17, 15) is 9.59 Å². The maximum atomic E-state index is 10.9. The monoisotopic (exact) mass is 428 g/mol. The third-order valence-corrected chi connectivity index (χ3v) is 4.57. The minimum absolute atomic E-state index is 0. The first kappa shape index (κ1) is 33.2. The number of carbonyl (C=O) groups is 2. The van der Waals surface area contributed by atoms with E-state index in [4.69, 9.17) is 10.2 Å². The van der Waals surface area contributed by atoms with Crippen LogP contribution < -0.4 is 0 Å². The van der Waals surface area contributed by atoms with E-state index in [1.54, 1.807) is 0 Å². The van der Waals surface area contributed by atoms with Crippen LogP contribution in [-0.4, -0.2) is 86.7 Å². The molecule has 0 aliphatic heterocycles. The molecule has 0 rings (SSSR count). The summed E-state index contributed by atoms with van der Waals surface area (Å²) in [6, 6.07) is 0.